The first-order chi connectivity index (χ1) is 8.22. The Bertz CT molecular complexity index is 551. The van der Waals surface area contributed by atoms with Gasteiger partial charge in [0.1, 0.15) is 12.4 Å². The molecule has 0 saturated heterocycles. The monoisotopic (exact) mass is 231 g/mol. The van der Waals surface area contributed by atoms with Gasteiger partial charge in [-0.2, -0.15) is 0 Å². The highest BCUT2D eigenvalue weighted by atomic mass is 16.5. The van der Waals surface area contributed by atoms with Gasteiger partial charge in [-0.3, -0.25) is 4.79 Å². The van der Waals surface area contributed by atoms with Crippen molar-refractivity contribution in [3.63, 3.8) is 0 Å². The Morgan fingerprint density at radius 3 is 2.65 bits per heavy atom. The molecule has 0 saturated carbocycles. The number of phenolic OH excluding ortho intramolecular Hbond substituents is 1. The first-order valence-electron chi connectivity index (χ1n) is 5.22. The minimum absolute atomic E-state index is 0.00913. The largest absolute Gasteiger partial charge is 0.507 e. The van der Waals surface area contributed by atoms with Crippen molar-refractivity contribution in [2.24, 2.45) is 0 Å². The zero-order valence-electron chi connectivity index (χ0n) is 9.43. The molecule has 0 heterocycles. The van der Waals surface area contributed by atoms with Crippen LogP contribution in [0.5, 0.6) is 5.75 Å². The number of phenols is 1. The predicted molar refractivity (Wildman–Crippen MR) is 66.1 cm³/mol. The maximum absolute atomic E-state index is 11.4. The average Bonchev–Trinajstić information content (AvgIpc) is 2.34. The first kappa shape index (κ1) is 11.4. The molecule has 0 spiro atoms. The molecule has 1 amide bonds. The molecule has 0 aliphatic carbocycles. The van der Waals surface area contributed by atoms with Crippen molar-refractivity contribution >= 4 is 22.4 Å². The summed E-state index contributed by atoms with van der Waals surface area (Å²) in [5.74, 6) is -0.0197. The van der Waals surface area contributed by atoms with Crippen LogP contribution in [0.15, 0.2) is 36.4 Å². The second-order valence-electron chi connectivity index (χ2n) is 3.66. The number of methoxy groups -OCH3 is 1. The van der Waals surface area contributed by atoms with Crippen LogP contribution in [-0.2, 0) is 9.53 Å². The van der Waals surface area contributed by atoms with Crippen LogP contribution in [0.2, 0.25) is 0 Å². The molecule has 4 nitrogen and oxygen atoms in total. The molecule has 0 atom stereocenters. The molecule has 0 bridgehead atoms. The van der Waals surface area contributed by atoms with E-state index in [0.29, 0.717) is 11.1 Å². The van der Waals surface area contributed by atoms with Gasteiger partial charge in [0.2, 0.25) is 5.91 Å². The molecule has 2 rings (SSSR count). The van der Waals surface area contributed by atoms with Crippen LogP contribution in [0.3, 0.4) is 0 Å². The molecule has 0 unspecified atom stereocenters. The summed E-state index contributed by atoms with van der Waals surface area (Å²) in [4.78, 5) is 11.4. The first-order valence-corrected chi connectivity index (χ1v) is 5.22. The summed E-state index contributed by atoms with van der Waals surface area (Å²) >= 11 is 0. The normalized spacial score (nSPS) is 10.4. The number of fused-ring (bicyclic) bond motifs is 1. The molecule has 2 aromatic carbocycles. The van der Waals surface area contributed by atoms with Gasteiger partial charge < -0.3 is 15.2 Å². The van der Waals surface area contributed by atoms with E-state index >= 15 is 0 Å². The number of hydrogen-bond donors (Lipinski definition) is 2. The number of nitrogens with one attached hydrogen (secondary N) is 1. The number of ether oxygens (including phenoxy) is 1. The van der Waals surface area contributed by atoms with Gasteiger partial charge in [0.15, 0.2) is 0 Å². The van der Waals surface area contributed by atoms with Gasteiger partial charge in [-0.1, -0.05) is 24.3 Å². The van der Waals surface area contributed by atoms with E-state index in [9.17, 15) is 9.90 Å². The van der Waals surface area contributed by atoms with Crippen molar-refractivity contribution in [2.75, 3.05) is 19.0 Å². The van der Waals surface area contributed by atoms with Crippen LogP contribution in [0.25, 0.3) is 10.8 Å². The lowest BCUT2D eigenvalue weighted by Crippen LogP contribution is -2.17. The fourth-order valence-corrected chi connectivity index (χ4v) is 1.71. The van der Waals surface area contributed by atoms with E-state index in [-0.39, 0.29) is 18.3 Å². The molecule has 0 aliphatic rings. The van der Waals surface area contributed by atoms with Crippen molar-refractivity contribution in [3.8, 4) is 5.75 Å². The van der Waals surface area contributed by atoms with Crippen LogP contribution in [-0.4, -0.2) is 24.7 Å². The van der Waals surface area contributed by atoms with Crippen molar-refractivity contribution in [2.45, 2.75) is 0 Å². The SMILES string of the molecule is COCC(=O)Nc1ccc(O)c2ccccc12. The molecule has 17 heavy (non-hydrogen) atoms. The van der Waals surface area contributed by atoms with Crippen LogP contribution in [0, 0.1) is 0 Å². The molecule has 88 valence electrons. The fourth-order valence-electron chi connectivity index (χ4n) is 1.71. The zero-order chi connectivity index (χ0) is 12.3. The number of benzene rings is 2. The number of carbonyl (C=O) groups excluding carboxylic acids is 1. The summed E-state index contributed by atoms with van der Waals surface area (Å²) in [6.07, 6.45) is 0. The highest BCUT2D eigenvalue weighted by Crippen LogP contribution is 2.30. The summed E-state index contributed by atoms with van der Waals surface area (Å²) < 4.78 is 4.75. The average molecular weight is 231 g/mol. The van der Waals surface area contributed by atoms with E-state index in [1.807, 2.05) is 18.2 Å². The standard InChI is InChI=1S/C13H13NO3/c1-17-8-13(16)14-11-6-7-12(15)10-5-3-2-4-9(10)11/h2-7,15H,8H2,1H3,(H,14,16). The van der Waals surface area contributed by atoms with E-state index in [1.165, 1.54) is 7.11 Å². The summed E-state index contributed by atoms with van der Waals surface area (Å²) in [7, 11) is 1.47. The lowest BCUT2D eigenvalue weighted by molar-refractivity contribution is -0.119. The van der Waals surface area contributed by atoms with Crippen LogP contribution in [0.1, 0.15) is 0 Å². The Morgan fingerprint density at radius 2 is 1.94 bits per heavy atom. The third kappa shape index (κ3) is 2.37. The summed E-state index contributed by atoms with van der Waals surface area (Å²) in [6, 6.07) is 10.6. The van der Waals surface area contributed by atoms with E-state index in [2.05, 4.69) is 5.32 Å². The molecule has 0 aromatic heterocycles. The molecule has 0 radical (unpaired) electrons. The van der Waals surface area contributed by atoms with Crippen LogP contribution < -0.4 is 5.32 Å². The van der Waals surface area contributed by atoms with Crippen molar-refractivity contribution < 1.29 is 14.6 Å². The molecular formula is C13H13NO3. The van der Waals surface area contributed by atoms with Crippen LogP contribution in [0.4, 0.5) is 5.69 Å². The Kier molecular flexibility index (Phi) is 3.25. The number of hydrogen-bond acceptors (Lipinski definition) is 3. The van der Waals surface area contributed by atoms with Gasteiger partial charge in [0.25, 0.3) is 0 Å². The Labute approximate surface area is 98.8 Å². The van der Waals surface area contributed by atoms with E-state index in [0.717, 1.165) is 5.39 Å². The van der Waals surface area contributed by atoms with Crippen molar-refractivity contribution in [3.05, 3.63) is 36.4 Å². The molecule has 2 N–H and O–H groups in total. The Hall–Kier alpha value is -2.07. The lowest BCUT2D eigenvalue weighted by atomic mass is 10.1. The highest BCUT2D eigenvalue weighted by Gasteiger charge is 2.07. The molecule has 4 heteroatoms. The second-order valence-corrected chi connectivity index (χ2v) is 3.66. The van der Waals surface area contributed by atoms with E-state index in [1.54, 1.807) is 18.2 Å². The van der Waals surface area contributed by atoms with Crippen molar-refractivity contribution in [1.82, 2.24) is 0 Å². The summed E-state index contributed by atoms with van der Waals surface area (Å²) in [6.45, 7) is 0.00913. The number of carbonyl (C=O) groups is 1. The summed E-state index contributed by atoms with van der Waals surface area (Å²) in [5.41, 5.74) is 0.667. The highest BCUT2D eigenvalue weighted by molar-refractivity contribution is 6.04. The lowest BCUT2D eigenvalue weighted by Gasteiger charge is -2.09. The quantitative estimate of drug-likeness (QED) is 0.795. The number of anilines is 1. The predicted octanol–water partition coefficient (Wildman–Crippen LogP) is 2.13. The minimum Gasteiger partial charge on any atom is -0.507 e. The van der Waals surface area contributed by atoms with E-state index in [4.69, 9.17) is 4.74 Å². The minimum atomic E-state index is -0.219. The second kappa shape index (κ2) is 4.84. The van der Waals surface area contributed by atoms with E-state index < -0.39 is 0 Å². The number of rotatable bonds is 3. The van der Waals surface area contributed by atoms with Gasteiger partial charge in [0.05, 0.1) is 0 Å². The topological polar surface area (TPSA) is 58.6 Å². The maximum Gasteiger partial charge on any atom is 0.250 e. The number of aromatic hydroxyl groups is 1. The van der Waals surface area contributed by atoms with Crippen LogP contribution >= 0.6 is 0 Å². The summed E-state index contributed by atoms with van der Waals surface area (Å²) in [5, 5.41) is 13.9. The van der Waals surface area contributed by atoms with Gasteiger partial charge in [-0.25, -0.2) is 0 Å². The third-order valence-corrected chi connectivity index (χ3v) is 2.45. The van der Waals surface area contributed by atoms with Gasteiger partial charge in [0, 0.05) is 23.6 Å². The maximum atomic E-state index is 11.4. The van der Waals surface area contributed by atoms with Gasteiger partial charge in [-0.05, 0) is 12.1 Å². The van der Waals surface area contributed by atoms with Gasteiger partial charge in [-0.15, -0.1) is 0 Å². The number of amides is 1. The smallest absolute Gasteiger partial charge is 0.250 e. The molecule has 0 fully saturated rings. The van der Waals surface area contributed by atoms with Crippen molar-refractivity contribution in [1.29, 1.82) is 0 Å². The third-order valence-electron chi connectivity index (χ3n) is 2.45. The van der Waals surface area contributed by atoms with Gasteiger partial charge >= 0.3 is 0 Å². The molecule has 0 aliphatic heterocycles. The zero-order valence-corrected chi connectivity index (χ0v) is 9.43. The Morgan fingerprint density at radius 1 is 1.24 bits per heavy atom. The fraction of sp³-hybridized carbons (Fsp3) is 0.154. The Balaban J connectivity index is 2.41. The molecule has 2 aromatic rings. The molecular weight excluding hydrogens is 218 g/mol.